The Hall–Kier alpha value is -1.66. The molecule has 2 N–H and O–H groups in total. The van der Waals surface area contributed by atoms with Crippen molar-refractivity contribution in [3.8, 4) is 5.75 Å². The number of nitrogens with two attached hydrogens (primary N) is 1. The Labute approximate surface area is 111 Å². The quantitative estimate of drug-likeness (QED) is 0.649. The molecule has 0 saturated carbocycles. The minimum Gasteiger partial charge on any atom is -0.487 e. The van der Waals surface area contributed by atoms with Gasteiger partial charge in [-0.1, -0.05) is 6.07 Å². The number of nitrogens with zero attached hydrogens (tertiary/aromatic N) is 1. The fourth-order valence-corrected chi connectivity index (χ4v) is 2.07. The predicted octanol–water partition coefficient (Wildman–Crippen LogP) is 1.86. The number of nitro groups is 1. The Morgan fingerprint density at radius 1 is 1.42 bits per heavy atom. The van der Waals surface area contributed by atoms with Crippen LogP contribution in [-0.4, -0.2) is 24.7 Å². The van der Waals surface area contributed by atoms with E-state index in [-0.39, 0.29) is 5.69 Å². The summed E-state index contributed by atoms with van der Waals surface area (Å²) in [7, 11) is 0. The second-order valence-corrected chi connectivity index (χ2v) is 4.63. The maximum atomic E-state index is 10.9. The van der Waals surface area contributed by atoms with Crippen molar-refractivity contribution in [3.05, 3.63) is 33.9 Å². The molecule has 0 bridgehead atoms. The molecule has 0 spiro atoms. The molecule has 0 radical (unpaired) electrons. The van der Waals surface area contributed by atoms with E-state index in [0.717, 1.165) is 31.6 Å². The molecule has 1 aromatic rings. The largest absolute Gasteiger partial charge is 0.487 e. The van der Waals surface area contributed by atoms with Crippen LogP contribution in [-0.2, 0) is 11.3 Å². The van der Waals surface area contributed by atoms with Gasteiger partial charge in [0.25, 0.3) is 0 Å². The Bertz CT molecular complexity index is 444. The highest BCUT2D eigenvalue weighted by molar-refractivity contribution is 5.48. The Balaban J connectivity index is 2.06. The van der Waals surface area contributed by atoms with Crippen LogP contribution >= 0.6 is 0 Å². The van der Waals surface area contributed by atoms with Crippen molar-refractivity contribution in [1.29, 1.82) is 0 Å². The lowest BCUT2D eigenvalue weighted by molar-refractivity contribution is -0.385. The summed E-state index contributed by atoms with van der Waals surface area (Å²) in [5, 5.41) is 10.9. The fraction of sp³-hybridized carbons (Fsp3) is 0.538. The Kier molecular flexibility index (Phi) is 4.70. The van der Waals surface area contributed by atoms with Crippen molar-refractivity contribution < 1.29 is 14.4 Å². The van der Waals surface area contributed by atoms with Gasteiger partial charge in [0.2, 0.25) is 0 Å². The average molecular weight is 266 g/mol. The van der Waals surface area contributed by atoms with Gasteiger partial charge in [-0.2, -0.15) is 0 Å². The van der Waals surface area contributed by atoms with Crippen LogP contribution in [0.5, 0.6) is 5.75 Å². The highest BCUT2D eigenvalue weighted by Gasteiger charge is 2.19. The SMILES string of the molecule is NCc1ccc([N+](=O)[O-])c(OCC2CCOCC2)c1. The van der Waals surface area contributed by atoms with Gasteiger partial charge in [-0.05, 0) is 30.4 Å². The van der Waals surface area contributed by atoms with Gasteiger partial charge in [0.15, 0.2) is 5.75 Å². The number of rotatable bonds is 5. The van der Waals surface area contributed by atoms with Crippen LogP contribution in [0, 0.1) is 16.0 Å². The van der Waals surface area contributed by atoms with Gasteiger partial charge >= 0.3 is 5.69 Å². The lowest BCUT2D eigenvalue weighted by atomic mass is 10.0. The predicted molar refractivity (Wildman–Crippen MR) is 70.0 cm³/mol. The van der Waals surface area contributed by atoms with Crippen LogP contribution in [0.4, 0.5) is 5.69 Å². The van der Waals surface area contributed by atoms with E-state index in [9.17, 15) is 10.1 Å². The average Bonchev–Trinajstić information content (AvgIpc) is 2.45. The van der Waals surface area contributed by atoms with Gasteiger partial charge in [-0.25, -0.2) is 0 Å². The molecule has 6 heteroatoms. The topological polar surface area (TPSA) is 87.6 Å². The van der Waals surface area contributed by atoms with E-state index in [1.165, 1.54) is 6.07 Å². The number of hydrogen-bond donors (Lipinski definition) is 1. The van der Waals surface area contributed by atoms with Crippen LogP contribution < -0.4 is 10.5 Å². The van der Waals surface area contributed by atoms with Crippen LogP contribution in [0.15, 0.2) is 18.2 Å². The summed E-state index contributed by atoms with van der Waals surface area (Å²) in [5.41, 5.74) is 6.36. The summed E-state index contributed by atoms with van der Waals surface area (Å²) in [5.74, 6) is 0.703. The molecule has 1 aliphatic heterocycles. The van der Waals surface area contributed by atoms with Crippen molar-refractivity contribution >= 4 is 5.69 Å². The van der Waals surface area contributed by atoms with E-state index in [2.05, 4.69) is 0 Å². The number of benzene rings is 1. The van der Waals surface area contributed by atoms with Crippen LogP contribution in [0.2, 0.25) is 0 Å². The molecule has 2 rings (SSSR count). The third kappa shape index (κ3) is 3.65. The molecule has 104 valence electrons. The maximum absolute atomic E-state index is 10.9. The fourth-order valence-electron chi connectivity index (χ4n) is 2.07. The van der Waals surface area contributed by atoms with Crippen molar-refractivity contribution in [2.45, 2.75) is 19.4 Å². The summed E-state index contributed by atoms with van der Waals surface area (Å²) in [4.78, 5) is 10.5. The molecule has 1 heterocycles. The second-order valence-electron chi connectivity index (χ2n) is 4.63. The molecular weight excluding hydrogens is 248 g/mol. The number of hydrogen-bond acceptors (Lipinski definition) is 5. The molecule has 1 aromatic carbocycles. The molecule has 1 saturated heterocycles. The lowest BCUT2D eigenvalue weighted by Gasteiger charge is -2.22. The first-order valence-corrected chi connectivity index (χ1v) is 6.38. The first kappa shape index (κ1) is 13.8. The van der Waals surface area contributed by atoms with Gasteiger partial charge in [0, 0.05) is 25.8 Å². The minimum atomic E-state index is -0.431. The maximum Gasteiger partial charge on any atom is 0.310 e. The highest BCUT2D eigenvalue weighted by Crippen LogP contribution is 2.29. The van der Waals surface area contributed by atoms with Crippen molar-refractivity contribution in [2.24, 2.45) is 11.7 Å². The second kappa shape index (κ2) is 6.49. The van der Waals surface area contributed by atoms with Gasteiger partial charge in [0.1, 0.15) is 0 Å². The molecule has 0 unspecified atom stereocenters. The van der Waals surface area contributed by atoms with Crippen molar-refractivity contribution in [3.63, 3.8) is 0 Å². The Morgan fingerprint density at radius 3 is 2.79 bits per heavy atom. The minimum absolute atomic E-state index is 0.00994. The molecule has 0 aromatic heterocycles. The third-order valence-corrected chi connectivity index (χ3v) is 3.27. The van der Waals surface area contributed by atoms with Crippen LogP contribution in [0.25, 0.3) is 0 Å². The molecular formula is C13H18N2O4. The van der Waals surface area contributed by atoms with E-state index in [1.807, 2.05) is 0 Å². The van der Waals surface area contributed by atoms with Crippen molar-refractivity contribution in [1.82, 2.24) is 0 Å². The third-order valence-electron chi connectivity index (χ3n) is 3.27. The molecule has 0 atom stereocenters. The summed E-state index contributed by atoms with van der Waals surface area (Å²) < 4.78 is 10.9. The zero-order valence-corrected chi connectivity index (χ0v) is 10.7. The smallest absolute Gasteiger partial charge is 0.310 e. The molecule has 6 nitrogen and oxygen atoms in total. The molecule has 0 aliphatic carbocycles. The highest BCUT2D eigenvalue weighted by atomic mass is 16.6. The Morgan fingerprint density at radius 2 is 2.16 bits per heavy atom. The molecule has 1 fully saturated rings. The zero-order chi connectivity index (χ0) is 13.7. The van der Waals surface area contributed by atoms with Crippen LogP contribution in [0.3, 0.4) is 0 Å². The number of ether oxygens (including phenoxy) is 2. The molecule has 19 heavy (non-hydrogen) atoms. The van der Waals surface area contributed by atoms with Gasteiger partial charge in [-0.15, -0.1) is 0 Å². The standard InChI is InChI=1S/C13H18N2O4/c14-8-11-1-2-12(15(16)17)13(7-11)19-9-10-3-5-18-6-4-10/h1-2,7,10H,3-6,8-9,14H2. The first-order chi connectivity index (χ1) is 9.20. The van der Waals surface area contributed by atoms with Crippen LogP contribution in [0.1, 0.15) is 18.4 Å². The van der Waals surface area contributed by atoms with Gasteiger partial charge in [-0.3, -0.25) is 10.1 Å². The van der Waals surface area contributed by atoms with E-state index in [1.54, 1.807) is 12.1 Å². The summed E-state index contributed by atoms with van der Waals surface area (Å²) >= 11 is 0. The van der Waals surface area contributed by atoms with E-state index >= 15 is 0 Å². The molecule has 1 aliphatic rings. The summed E-state index contributed by atoms with van der Waals surface area (Å²) in [6, 6.07) is 4.75. The monoisotopic (exact) mass is 266 g/mol. The number of nitro benzene ring substituents is 1. The zero-order valence-electron chi connectivity index (χ0n) is 10.7. The van der Waals surface area contributed by atoms with E-state index in [0.29, 0.717) is 24.8 Å². The first-order valence-electron chi connectivity index (χ1n) is 6.38. The van der Waals surface area contributed by atoms with Crippen molar-refractivity contribution in [2.75, 3.05) is 19.8 Å². The molecule has 0 amide bonds. The van der Waals surface area contributed by atoms with E-state index < -0.39 is 4.92 Å². The lowest BCUT2D eigenvalue weighted by Crippen LogP contribution is -2.21. The van der Waals surface area contributed by atoms with E-state index in [4.69, 9.17) is 15.2 Å². The normalized spacial score (nSPS) is 16.3. The van der Waals surface area contributed by atoms with Gasteiger partial charge in [0.05, 0.1) is 11.5 Å². The summed E-state index contributed by atoms with van der Waals surface area (Å²) in [6.45, 7) is 2.29. The summed E-state index contributed by atoms with van der Waals surface area (Å²) in [6.07, 6.45) is 1.87. The van der Waals surface area contributed by atoms with Gasteiger partial charge < -0.3 is 15.2 Å².